The van der Waals surface area contributed by atoms with Crippen LogP contribution in [0.25, 0.3) is 0 Å². The fourth-order valence-corrected chi connectivity index (χ4v) is 5.94. The van der Waals surface area contributed by atoms with Gasteiger partial charge in [0.2, 0.25) is 0 Å². The van der Waals surface area contributed by atoms with E-state index in [1.165, 1.54) is 17.5 Å². The number of terminal acetylenes is 1. The minimum atomic E-state index is -0.900. The summed E-state index contributed by atoms with van der Waals surface area (Å²) >= 11 is 0. The SMILES string of the molecule is C#C[C@@]1(O)CC[C@H]2[C@@H]3CCc4cc(OC)ccc4[C@@H]3CC[C@]21C. The van der Waals surface area contributed by atoms with Crippen LogP contribution in [0.15, 0.2) is 18.2 Å². The number of fused-ring (bicyclic) bond motifs is 5. The maximum Gasteiger partial charge on any atom is 0.130 e. The maximum atomic E-state index is 11.0. The van der Waals surface area contributed by atoms with Crippen molar-refractivity contribution in [1.29, 1.82) is 0 Å². The van der Waals surface area contributed by atoms with Crippen molar-refractivity contribution in [2.24, 2.45) is 17.3 Å². The molecule has 122 valence electrons. The Bertz CT molecular complexity index is 673. The van der Waals surface area contributed by atoms with Crippen LogP contribution in [-0.2, 0) is 6.42 Å². The molecule has 0 aliphatic heterocycles. The molecule has 2 heteroatoms. The van der Waals surface area contributed by atoms with Gasteiger partial charge < -0.3 is 9.84 Å². The lowest BCUT2D eigenvalue weighted by Crippen LogP contribution is -2.50. The number of hydrogen-bond donors (Lipinski definition) is 1. The van der Waals surface area contributed by atoms with Crippen LogP contribution >= 0.6 is 0 Å². The van der Waals surface area contributed by atoms with Crippen molar-refractivity contribution in [2.45, 2.75) is 57.0 Å². The van der Waals surface area contributed by atoms with Gasteiger partial charge in [-0.1, -0.05) is 18.9 Å². The summed E-state index contributed by atoms with van der Waals surface area (Å²) in [6, 6.07) is 6.59. The average molecular weight is 310 g/mol. The van der Waals surface area contributed by atoms with Gasteiger partial charge in [-0.2, -0.15) is 0 Å². The molecule has 5 atom stereocenters. The molecule has 0 saturated heterocycles. The Morgan fingerprint density at radius 3 is 2.83 bits per heavy atom. The highest BCUT2D eigenvalue weighted by Gasteiger charge is 2.61. The minimum absolute atomic E-state index is 0.104. The number of hydrogen-bond acceptors (Lipinski definition) is 2. The van der Waals surface area contributed by atoms with E-state index in [-0.39, 0.29) is 5.41 Å². The number of aliphatic hydroxyl groups is 1. The molecule has 0 bridgehead atoms. The number of aryl methyl sites for hydroxylation is 1. The van der Waals surface area contributed by atoms with Crippen molar-refractivity contribution in [2.75, 3.05) is 7.11 Å². The summed E-state index contributed by atoms with van der Waals surface area (Å²) < 4.78 is 5.39. The van der Waals surface area contributed by atoms with E-state index in [0.717, 1.165) is 37.9 Å². The molecule has 0 unspecified atom stereocenters. The number of methoxy groups -OCH3 is 1. The third-order valence-corrected chi connectivity index (χ3v) is 7.32. The normalized spacial score (nSPS) is 41.4. The highest BCUT2D eigenvalue weighted by atomic mass is 16.5. The molecule has 4 rings (SSSR count). The Labute approximate surface area is 139 Å². The van der Waals surface area contributed by atoms with Crippen LogP contribution < -0.4 is 4.74 Å². The topological polar surface area (TPSA) is 29.5 Å². The first-order valence-electron chi connectivity index (χ1n) is 8.89. The van der Waals surface area contributed by atoms with E-state index in [4.69, 9.17) is 11.2 Å². The van der Waals surface area contributed by atoms with Gasteiger partial charge in [-0.15, -0.1) is 6.42 Å². The van der Waals surface area contributed by atoms with Gasteiger partial charge in [0.05, 0.1) is 7.11 Å². The predicted molar refractivity (Wildman–Crippen MR) is 91.4 cm³/mol. The zero-order valence-corrected chi connectivity index (χ0v) is 14.1. The van der Waals surface area contributed by atoms with Gasteiger partial charge >= 0.3 is 0 Å². The molecule has 3 aliphatic carbocycles. The van der Waals surface area contributed by atoms with E-state index in [1.807, 2.05) is 0 Å². The van der Waals surface area contributed by atoms with E-state index >= 15 is 0 Å². The standard InChI is InChI=1S/C21H26O2/c1-4-21(22)12-10-19-18-7-5-14-13-15(23-3)6-8-16(14)17(18)9-11-20(19,21)2/h1,6,8,13,17-19,22H,5,7,9-12H2,2-3H3/t17-,18+,19-,20+,21+/m0/s1. The van der Waals surface area contributed by atoms with Crippen molar-refractivity contribution < 1.29 is 9.84 Å². The Kier molecular flexibility index (Phi) is 3.29. The van der Waals surface area contributed by atoms with Gasteiger partial charge in [0, 0.05) is 5.41 Å². The Hall–Kier alpha value is -1.46. The van der Waals surface area contributed by atoms with Crippen LogP contribution in [-0.4, -0.2) is 17.8 Å². The molecule has 1 aromatic rings. The molecular weight excluding hydrogens is 284 g/mol. The minimum Gasteiger partial charge on any atom is -0.497 e. The second-order valence-corrected chi connectivity index (χ2v) is 7.98. The lowest BCUT2D eigenvalue weighted by molar-refractivity contribution is -0.0646. The van der Waals surface area contributed by atoms with Crippen LogP contribution in [0, 0.1) is 29.6 Å². The van der Waals surface area contributed by atoms with Crippen molar-refractivity contribution in [3.8, 4) is 18.1 Å². The Balaban J connectivity index is 1.70. The molecule has 0 amide bonds. The van der Waals surface area contributed by atoms with Gasteiger partial charge in [0.15, 0.2) is 0 Å². The third-order valence-electron chi connectivity index (χ3n) is 7.32. The largest absolute Gasteiger partial charge is 0.497 e. The summed E-state index contributed by atoms with van der Waals surface area (Å²) in [5.41, 5.74) is 1.97. The summed E-state index contributed by atoms with van der Waals surface area (Å²) in [6.07, 6.45) is 12.1. The number of rotatable bonds is 1. The summed E-state index contributed by atoms with van der Waals surface area (Å²) in [4.78, 5) is 0. The fourth-order valence-electron chi connectivity index (χ4n) is 5.94. The highest BCUT2D eigenvalue weighted by molar-refractivity contribution is 5.41. The molecule has 3 aliphatic rings. The van der Waals surface area contributed by atoms with E-state index in [1.54, 1.807) is 7.11 Å². The summed E-state index contributed by atoms with van der Waals surface area (Å²) in [5, 5.41) is 11.0. The number of benzene rings is 1. The van der Waals surface area contributed by atoms with Crippen LogP contribution in [0.1, 0.15) is 56.1 Å². The average Bonchev–Trinajstić information content (AvgIpc) is 2.86. The van der Waals surface area contributed by atoms with Gasteiger partial charge in [-0.05, 0) is 79.5 Å². The summed E-state index contributed by atoms with van der Waals surface area (Å²) in [5.74, 6) is 5.56. The second-order valence-electron chi connectivity index (χ2n) is 7.98. The van der Waals surface area contributed by atoms with Gasteiger partial charge in [0.1, 0.15) is 11.4 Å². The molecule has 23 heavy (non-hydrogen) atoms. The van der Waals surface area contributed by atoms with Crippen LogP contribution in [0.4, 0.5) is 0 Å². The Morgan fingerprint density at radius 2 is 2.09 bits per heavy atom. The summed E-state index contributed by atoms with van der Waals surface area (Å²) in [6.45, 7) is 2.24. The second kappa shape index (κ2) is 5.02. The highest BCUT2D eigenvalue weighted by Crippen LogP contribution is 2.64. The smallest absolute Gasteiger partial charge is 0.130 e. The van der Waals surface area contributed by atoms with Crippen molar-refractivity contribution in [3.05, 3.63) is 29.3 Å². The first-order valence-corrected chi connectivity index (χ1v) is 8.89. The van der Waals surface area contributed by atoms with Crippen LogP contribution in [0.2, 0.25) is 0 Å². The first kappa shape index (κ1) is 15.1. The zero-order valence-electron chi connectivity index (χ0n) is 14.1. The quantitative estimate of drug-likeness (QED) is 0.797. The first-order chi connectivity index (χ1) is 11.0. The van der Waals surface area contributed by atoms with Gasteiger partial charge in [-0.3, -0.25) is 0 Å². The van der Waals surface area contributed by atoms with Crippen LogP contribution in [0.5, 0.6) is 5.75 Å². The lowest BCUT2D eigenvalue weighted by Gasteiger charge is -2.52. The third kappa shape index (κ3) is 1.93. The molecule has 2 saturated carbocycles. The zero-order chi connectivity index (χ0) is 16.2. The molecule has 0 heterocycles. The van der Waals surface area contributed by atoms with Crippen molar-refractivity contribution in [3.63, 3.8) is 0 Å². The fraction of sp³-hybridized carbons (Fsp3) is 0.619. The molecule has 2 fully saturated rings. The Morgan fingerprint density at radius 1 is 1.26 bits per heavy atom. The molecule has 1 N–H and O–H groups in total. The van der Waals surface area contributed by atoms with Crippen LogP contribution in [0.3, 0.4) is 0 Å². The van der Waals surface area contributed by atoms with E-state index in [9.17, 15) is 5.11 Å². The predicted octanol–water partition coefficient (Wildman–Crippen LogP) is 3.92. The summed E-state index contributed by atoms with van der Waals surface area (Å²) in [7, 11) is 1.73. The molecular formula is C21H26O2. The van der Waals surface area contributed by atoms with Crippen molar-refractivity contribution in [1.82, 2.24) is 0 Å². The monoisotopic (exact) mass is 310 g/mol. The molecule has 1 aromatic carbocycles. The molecule has 0 radical (unpaired) electrons. The van der Waals surface area contributed by atoms with E-state index < -0.39 is 5.60 Å². The van der Waals surface area contributed by atoms with E-state index in [2.05, 4.69) is 31.0 Å². The number of ether oxygens (including phenoxy) is 1. The van der Waals surface area contributed by atoms with Gasteiger partial charge in [-0.25, -0.2) is 0 Å². The molecule has 0 aromatic heterocycles. The molecule has 2 nitrogen and oxygen atoms in total. The maximum absolute atomic E-state index is 11.0. The van der Waals surface area contributed by atoms with Crippen molar-refractivity contribution >= 4 is 0 Å². The molecule has 0 spiro atoms. The van der Waals surface area contributed by atoms with Gasteiger partial charge in [0.25, 0.3) is 0 Å². The lowest BCUT2D eigenvalue weighted by atomic mass is 9.53. The van der Waals surface area contributed by atoms with E-state index in [0.29, 0.717) is 17.8 Å².